The summed E-state index contributed by atoms with van der Waals surface area (Å²) in [7, 11) is 3.21. The summed E-state index contributed by atoms with van der Waals surface area (Å²) < 4.78 is 20.7. The number of Topliss-reactive ketones (excluding diaryl/α,β-unsaturated/α-hetero) is 1. The zero-order chi connectivity index (χ0) is 16.6. The minimum atomic E-state index is -0.242. The van der Waals surface area contributed by atoms with Gasteiger partial charge in [0.25, 0.3) is 0 Å². The summed E-state index contributed by atoms with van der Waals surface area (Å²) in [4.78, 5) is 22.4. The van der Waals surface area contributed by atoms with Crippen molar-refractivity contribution in [2.45, 2.75) is 13.0 Å². The molecule has 0 aromatic carbocycles. The lowest BCUT2D eigenvalue weighted by atomic mass is 10.3. The van der Waals surface area contributed by atoms with Crippen molar-refractivity contribution in [3.05, 3.63) is 0 Å². The second-order valence-corrected chi connectivity index (χ2v) is 4.69. The zero-order valence-corrected chi connectivity index (χ0v) is 13.7. The maximum atomic E-state index is 11.6. The fraction of sp³-hybridized carbons (Fsp3) is 0.857. The van der Waals surface area contributed by atoms with Crippen molar-refractivity contribution in [2.24, 2.45) is 0 Å². The zero-order valence-electron chi connectivity index (χ0n) is 13.7. The van der Waals surface area contributed by atoms with Crippen molar-refractivity contribution >= 4 is 11.7 Å². The van der Waals surface area contributed by atoms with Crippen LogP contribution >= 0.6 is 0 Å². The van der Waals surface area contributed by atoms with Gasteiger partial charge in [0.1, 0.15) is 5.78 Å². The van der Waals surface area contributed by atoms with Gasteiger partial charge in [-0.2, -0.15) is 0 Å². The maximum Gasteiger partial charge on any atom is 0.234 e. The van der Waals surface area contributed by atoms with Crippen molar-refractivity contribution in [2.75, 3.05) is 67.0 Å². The Morgan fingerprint density at radius 1 is 0.909 bits per heavy atom. The van der Waals surface area contributed by atoms with Crippen LogP contribution in [0.15, 0.2) is 0 Å². The monoisotopic (exact) mass is 320 g/mol. The highest BCUT2D eigenvalue weighted by Crippen LogP contribution is 1.90. The molecule has 0 saturated carbocycles. The van der Waals surface area contributed by atoms with Crippen LogP contribution in [0.25, 0.3) is 0 Å². The van der Waals surface area contributed by atoms with Gasteiger partial charge in [-0.05, 0) is 6.92 Å². The number of nitrogens with one attached hydrogen (secondary N) is 2. The molecule has 8 nitrogen and oxygen atoms in total. The molecule has 2 N–H and O–H groups in total. The summed E-state index contributed by atoms with van der Waals surface area (Å²) in [5.41, 5.74) is 0. The van der Waals surface area contributed by atoms with E-state index in [1.165, 1.54) is 6.92 Å². The van der Waals surface area contributed by atoms with Crippen LogP contribution in [0, 0.1) is 0 Å². The number of ether oxygens (including phenoxy) is 4. The van der Waals surface area contributed by atoms with Crippen LogP contribution in [0.5, 0.6) is 0 Å². The lowest BCUT2D eigenvalue weighted by molar-refractivity contribution is -0.124. The highest BCUT2D eigenvalue weighted by molar-refractivity contribution is 5.85. The molecule has 0 unspecified atom stereocenters. The van der Waals surface area contributed by atoms with Gasteiger partial charge >= 0.3 is 0 Å². The third-order valence-corrected chi connectivity index (χ3v) is 2.59. The van der Waals surface area contributed by atoms with E-state index in [1.807, 2.05) is 0 Å². The van der Waals surface area contributed by atoms with Crippen LogP contribution in [0.1, 0.15) is 6.92 Å². The molecule has 0 aliphatic carbocycles. The molecule has 0 radical (unpaired) electrons. The summed E-state index contributed by atoms with van der Waals surface area (Å²) in [6, 6.07) is -0.128. The minimum absolute atomic E-state index is 0.0415. The first-order valence-electron chi connectivity index (χ1n) is 7.23. The summed E-state index contributed by atoms with van der Waals surface area (Å²) >= 11 is 0. The van der Waals surface area contributed by atoms with Gasteiger partial charge < -0.3 is 29.6 Å². The van der Waals surface area contributed by atoms with E-state index in [2.05, 4.69) is 10.6 Å². The van der Waals surface area contributed by atoms with E-state index >= 15 is 0 Å². The molecule has 130 valence electrons. The van der Waals surface area contributed by atoms with Gasteiger partial charge in [0.15, 0.2) is 0 Å². The largest absolute Gasteiger partial charge is 0.382 e. The normalized spacial score (nSPS) is 10.9. The van der Waals surface area contributed by atoms with Crippen LogP contribution in [-0.2, 0) is 28.5 Å². The van der Waals surface area contributed by atoms with Crippen molar-refractivity contribution in [1.29, 1.82) is 0 Å². The van der Waals surface area contributed by atoms with Crippen LogP contribution in [-0.4, -0.2) is 84.7 Å². The average molecular weight is 320 g/mol. The van der Waals surface area contributed by atoms with Crippen molar-refractivity contribution in [3.8, 4) is 0 Å². The van der Waals surface area contributed by atoms with Gasteiger partial charge in [-0.15, -0.1) is 0 Å². The van der Waals surface area contributed by atoms with Crippen LogP contribution < -0.4 is 10.6 Å². The summed E-state index contributed by atoms with van der Waals surface area (Å²) in [6.45, 7) is 4.33. The van der Waals surface area contributed by atoms with Crippen LogP contribution in [0.4, 0.5) is 0 Å². The maximum absolute atomic E-state index is 11.6. The predicted octanol–water partition coefficient (Wildman–Crippen LogP) is -1.02. The Morgan fingerprint density at radius 2 is 1.45 bits per heavy atom. The molecule has 0 aromatic heterocycles. The summed E-state index contributed by atoms with van der Waals surface area (Å²) in [5, 5.41) is 5.56. The van der Waals surface area contributed by atoms with E-state index in [4.69, 9.17) is 18.9 Å². The first-order valence-corrected chi connectivity index (χ1v) is 7.23. The third kappa shape index (κ3) is 13.9. The van der Waals surface area contributed by atoms with Crippen molar-refractivity contribution in [3.63, 3.8) is 0 Å². The number of carbonyl (C=O) groups excluding carboxylic acids is 2. The number of hydrogen-bond donors (Lipinski definition) is 2. The van der Waals surface area contributed by atoms with E-state index in [0.717, 1.165) is 0 Å². The Morgan fingerprint density at radius 3 is 1.91 bits per heavy atom. The number of rotatable bonds is 15. The number of amides is 1. The van der Waals surface area contributed by atoms with Gasteiger partial charge in [0.05, 0.1) is 58.8 Å². The van der Waals surface area contributed by atoms with Gasteiger partial charge in [-0.3, -0.25) is 9.59 Å². The van der Waals surface area contributed by atoms with Crippen molar-refractivity contribution < 1.29 is 28.5 Å². The second kappa shape index (κ2) is 14.9. The van der Waals surface area contributed by atoms with E-state index < -0.39 is 0 Å². The standard InChI is InChI=1S/C14H28N2O6/c1-12(17)8-16-14(18)9-15-13(10-21-6-4-19-2)11-22-7-5-20-3/h13,15H,4-11H2,1-3H3,(H,16,18). The first kappa shape index (κ1) is 20.9. The molecule has 0 aliphatic heterocycles. The van der Waals surface area contributed by atoms with Gasteiger partial charge in [-0.1, -0.05) is 0 Å². The summed E-state index contributed by atoms with van der Waals surface area (Å²) in [6.07, 6.45) is 0. The molecule has 0 bridgehead atoms. The van der Waals surface area contributed by atoms with Gasteiger partial charge in [0.2, 0.25) is 5.91 Å². The van der Waals surface area contributed by atoms with Crippen molar-refractivity contribution in [1.82, 2.24) is 10.6 Å². The smallest absolute Gasteiger partial charge is 0.234 e. The lowest BCUT2D eigenvalue weighted by Crippen LogP contribution is -2.44. The number of ketones is 1. The Bertz CT molecular complexity index is 289. The molecular formula is C14H28N2O6. The second-order valence-electron chi connectivity index (χ2n) is 4.69. The molecule has 0 aliphatic rings. The quantitative estimate of drug-likeness (QED) is 0.373. The van der Waals surface area contributed by atoms with E-state index in [9.17, 15) is 9.59 Å². The Kier molecular flexibility index (Phi) is 14.1. The molecule has 0 saturated heterocycles. The minimum Gasteiger partial charge on any atom is -0.382 e. The molecule has 22 heavy (non-hydrogen) atoms. The van der Waals surface area contributed by atoms with E-state index in [-0.39, 0.29) is 30.8 Å². The predicted molar refractivity (Wildman–Crippen MR) is 80.9 cm³/mol. The van der Waals surface area contributed by atoms with Crippen LogP contribution in [0.2, 0.25) is 0 Å². The molecule has 1 amide bonds. The lowest BCUT2D eigenvalue weighted by Gasteiger charge is -2.18. The average Bonchev–Trinajstić information content (AvgIpc) is 2.50. The van der Waals surface area contributed by atoms with Gasteiger partial charge in [0, 0.05) is 14.2 Å². The van der Waals surface area contributed by atoms with E-state index in [1.54, 1.807) is 14.2 Å². The SMILES string of the molecule is COCCOCC(COCCOC)NCC(=O)NCC(C)=O. The molecule has 8 heteroatoms. The number of hydrogen-bond acceptors (Lipinski definition) is 7. The molecule has 0 heterocycles. The molecule has 0 atom stereocenters. The fourth-order valence-corrected chi connectivity index (χ4v) is 1.42. The number of methoxy groups -OCH3 is 2. The molecule has 0 rings (SSSR count). The first-order chi connectivity index (χ1) is 10.6. The summed E-state index contributed by atoms with van der Waals surface area (Å²) in [5.74, 6) is -0.329. The van der Waals surface area contributed by atoms with Gasteiger partial charge in [-0.25, -0.2) is 0 Å². The number of carbonyl (C=O) groups is 2. The fourth-order valence-electron chi connectivity index (χ4n) is 1.42. The Labute approximate surface area is 131 Å². The molecule has 0 aromatic rings. The Balaban J connectivity index is 3.97. The topological polar surface area (TPSA) is 95.1 Å². The highest BCUT2D eigenvalue weighted by atomic mass is 16.5. The highest BCUT2D eigenvalue weighted by Gasteiger charge is 2.11. The Hall–Kier alpha value is -1.06. The molecular weight excluding hydrogens is 292 g/mol. The third-order valence-electron chi connectivity index (χ3n) is 2.59. The molecule has 0 spiro atoms. The molecule has 0 fully saturated rings. The van der Waals surface area contributed by atoms with E-state index in [0.29, 0.717) is 39.6 Å². The van der Waals surface area contributed by atoms with Crippen LogP contribution in [0.3, 0.4) is 0 Å².